The van der Waals surface area contributed by atoms with Gasteiger partial charge in [-0.2, -0.15) is 8.78 Å². The maximum absolute atomic E-state index is 13.0. The van der Waals surface area contributed by atoms with Crippen LogP contribution in [0.15, 0.2) is 18.2 Å². The van der Waals surface area contributed by atoms with Gasteiger partial charge >= 0.3 is 6.61 Å². The number of carbonyl (C=O) groups excluding carboxylic acids is 3. The zero-order chi connectivity index (χ0) is 22.5. The number of morpholine rings is 1. The molecule has 3 rings (SSSR count). The largest absolute Gasteiger partial charge is 0.433 e. The first-order chi connectivity index (χ1) is 14.8. The van der Waals surface area contributed by atoms with Gasteiger partial charge in [-0.05, 0) is 31.5 Å². The number of hydrogen-bond acceptors (Lipinski definition) is 6. The number of nitrogens with two attached hydrogens (primary N) is 1. The average Bonchev–Trinajstić information content (AvgIpc) is 2.67. The lowest BCUT2D eigenvalue weighted by atomic mass is 9.90. The minimum absolute atomic E-state index is 0.0503. The molecule has 1 aromatic rings. The summed E-state index contributed by atoms with van der Waals surface area (Å²) in [4.78, 5) is 40.1. The van der Waals surface area contributed by atoms with Gasteiger partial charge < -0.3 is 25.4 Å². The van der Waals surface area contributed by atoms with Crippen LogP contribution in [0.5, 0.6) is 5.75 Å². The Kier molecular flexibility index (Phi) is 7.39. The second-order valence-corrected chi connectivity index (χ2v) is 7.37. The van der Waals surface area contributed by atoms with Gasteiger partial charge in [0.2, 0.25) is 5.91 Å². The number of rotatable bonds is 9. The summed E-state index contributed by atoms with van der Waals surface area (Å²) < 4.78 is 35.6. The Labute approximate surface area is 178 Å². The van der Waals surface area contributed by atoms with Crippen LogP contribution in [0.4, 0.5) is 20.2 Å². The molecule has 9 nitrogen and oxygen atoms in total. The average molecular weight is 440 g/mol. The third-order valence-electron chi connectivity index (χ3n) is 5.49. The van der Waals surface area contributed by atoms with Crippen LogP contribution in [-0.2, 0) is 19.1 Å². The molecule has 170 valence electrons. The Morgan fingerprint density at radius 2 is 2.13 bits per heavy atom. The summed E-state index contributed by atoms with van der Waals surface area (Å²) in [5.41, 5.74) is 5.77. The van der Waals surface area contributed by atoms with Gasteiger partial charge in [-0.25, -0.2) is 0 Å². The number of ether oxygens (including phenoxy) is 2. The molecule has 0 unspecified atom stereocenters. The minimum Gasteiger partial charge on any atom is -0.433 e. The Bertz CT molecular complexity index is 834. The Morgan fingerprint density at radius 3 is 2.68 bits per heavy atom. The molecule has 0 bridgehead atoms. The maximum Gasteiger partial charge on any atom is 0.387 e. The van der Waals surface area contributed by atoms with Crippen molar-refractivity contribution in [2.45, 2.75) is 44.9 Å². The van der Waals surface area contributed by atoms with Crippen LogP contribution in [0.3, 0.4) is 0 Å². The van der Waals surface area contributed by atoms with E-state index in [0.29, 0.717) is 18.8 Å². The Balaban J connectivity index is 1.85. The Morgan fingerprint density at radius 1 is 1.39 bits per heavy atom. The summed E-state index contributed by atoms with van der Waals surface area (Å²) in [5.74, 6) is -2.19. The van der Waals surface area contributed by atoms with Crippen molar-refractivity contribution in [3.05, 3.63) is 18.2 Å². The first kappa shape index (κ1) is 22.9. The lowest BCUT2D eigenvalue weighted by molar-refractivity contribution is -0.134. The van der Waals surface area contributed by atoms with E-state index in [-0.39, 0.29) is 36.5 Å². The molecule has 11 heteroatoms. The van der Waals surface area contributed by atoms with E-state index < -0.39 is 24.5 Å². The SMILES string of the molecule is CCN(C1CCC1)[C@@H](C(N)=O)C(=O)Nc1ccc(N2CCOCC2=O)cc1OC(F)F. The standard InChI is InChI=1S/C20H26F2N4O5/c1-2-25(12-4-3-5-12)17(18(23)28)19(29)24-14-7-6-13(10-15(14)31-20(21)22)26-8-9-30-11-16(26)27/h6-7,10,12,17,20H,2-5,8-9,11H2,1H3,(H2,23,28)(H,24,29)/t17-/m0/s1. The molecule has 1 saturated heterocycles. The highest BCUT2D eigenvalue weighted by Gasteiger charge is 2.37. The minimum atomic E-state index is -3.15. The molecule has 1 aliphatic carbocycles. The highest BCUT2D eigenvalue weighted by atomic mass is 19.3. The molecular weight excluding hydrogens is 414 g/mol. The van der Waals surface area contributed by atoms with Crippen molar-refractivity contribution in [3.8, 4) is 5.75 Å². The predicted octanol–water partition coefficient (Wildman–Crippen LogP) is 1.32. The van der Waals surface area contributed by atoms with Gasteiger partial charge in [-0.1, -0.05) is 13.3 Å². The molecule has 3 amide bonds. The highest BCUT2D eigenvalue weighted by Crippen LogP contribution is 2.33. The van der Waals surface area contributed by atoms with E-state index in [1.807, 2.05) is 6.92 Å². The van der Waals surface area contributed by atoms with E-state index in [1.165, 1.54) is 23.1 Å². The van der Waals surface area contributed by atoms with Crippen molar-refractivity contribution >= 4 is 29.1 Å². The van der Waals surface area contributed by atoms with Crippen molar-refractivity contribution in [3.63, 3.8) is 0 Å². The summed E-state index contributed by atoms with van der Waals surface area (Å²) >= 11 is 0. The van der Waals surface area contributed by atoms with Crippen molar-refractivity contribution in [2.75, 3.05) is 36.5 Å². The molecule has 1 aliphatic heterocycles. The van der Waals surface area contributed by atoms with E-state index in [4.69, 9.17) is 10.5 Å². The van der Waals surface area contributed by atoms with Gasteiger partial charge in [0.15, 0.2) is 11.8 Å². The second kappa shape index (κ2) is 10.0. The number of primary amides is 1. The molecule has 0 spiro atoms. The monoisotopic (exact) mass is 440 g/mol. The van der Waals surface area contributed by atoms with Crippen LogP contribution in [0.2, 0.25) is 0 Å². The lowest BCUT2D eigenvalue weighted by Crippen LogP contribution is -2.57. The molecule has 1 saturated carbocycles. The van der Waals surface area contributed by atoms with E-state index >= 15 is 0 Å². The van der Waals surface area contributed by atoms with E-state index in [2.05, 4.69) is 10.1 Å². The zero-order valence-corrected chi connectivity index (χ0v) is 17.2. The fraction of sp³-hybridized carbons (Fsp3) is 0.550. The number of anilines is 2. The molecule has 1 atom stereocenters. The number of carbonyl (C=O) groups is 3. The van der Waals surface area contributed by atoms with Crippen molar-refractivity contribution in [1.82, 2.24) is 4.90 Å². The van der Waals surface area contributed by atoms with Gasteiger partial charge in [0.25, 0.3) is 11.8 Å². The normalized spacial score (nSPS) is 18.1. The van der Waals surface area contributed by atoms with Crippen LogP contribution in [0.25, 0.3) is 0 Å². The summed E-state index contributed by atoms with van der Waals surface area (Å²) in [6.07, 6.45) is 2.71. The fourth-order valence-corrected chi connectivity index (χ4v) is 3.78. The number of nitrogens with zero attached hydrogens (tertiary/aromatic N) is 2. The molecule has 0 radical (unpaired) electrons. The quantitative estimate of drug-likeness (QED) is 0.560. The first-order valence-corrected chi connectivity index (χ1v) is 10.1. The molecule has 0 aromatic heterocycles. The molecule has 2 aliphatic rings. The number of nitrogens with one attached hydrogen (secondary N) is 1. The molecular formula is C20H26F2N4O5. The van der Waals surface area contributed by atoms with E-state index in [1.54, 1.807) is 4.90 Å². The smallest absolute Gasteiger partial charge is 0.387 e. The number of benzene rings is 1. The second-order valence-electron chi connectivity index (χ2n) is 7.37. The van der Waals surface area contributed by atoms with E-state index in [9.17, 15) is 23.2 Å². The van der Waals surface area contributed by atoms with Gasteiger partial charge in [0.1, 0.15) is 6.61 Å². The van der Waals surface area contributed by atoms with Crippen molar-refractivity contribution < 1.29 is 32.6 Å². The van der Waals surface area contributed by atoms with Gasteiger partial charge in [-0.3, -0.25) is 19.3 Å². The summed E-state index contributed by atoms with van der Waals surface area (Å²) in [6, 6.07) is 2.92. The van der Waals surface area contributed by atoms with Crippen LogP contribution < -0.4 is 20.7 Å². The van der Waals surface area contributed by atoms with Crippen molar-refractivity contribution in [1.29, 1.82) is 0 Å². The Hall–Kier alpha value is -2.79. The van der Waals surface area contributed by atoms with Crippen LogP contribution in [0.1, 0.15) is 26.2 Å². The fourth-order valence-electron chi connectivity index (χ4n) is 3.78. The van der Waals surface area contributed by atoms with Crippen LogP contribution in [0, 0.1) is 0 Å². The molecule has 3 N–H and O–H groups in total. The summed E-state index contributed by atoms with van der Waals surface area (Å²) in [5, 5.41) is 2.49. The number of amides is 3. The third-order valence-corrected chi connectivity index (χ3v) is 5.49. The first-order valence-electron chi connectivity index (χ1n) is 10.1. The van der Waals surface area contributed by atoms with Gasteiger partial charge in [0.05, 0.1) is 12.3 Å². The zero-order valence-electron chi connectivity index (χ0n) is 17.2. The lowest BCUT2D eigenvalue weighted by Gasteiger charge is -2.40. The van der Waals surface area contributed by atoms with Crippen molar-refractivity contribution in [2.24, 2.45) is 5.73 Å². The highest BCUT2D eigenvalue weighted by molar-refractivity contribution is 6.10. The predicted molar refractivity (Wildman–Crippen MR) is 108 cm³/mol. The van der Waals surface area contributed by atoms with Crippen LogP contribution >= 0.6 is 0 Å². The number of hydrogen-bond donors (Lipinski definition) is 2. The van der Waals surface area contributed by atoms with Gasteiger partial charge in [-0.15, -0.1) is 0 Å². The molecule has 2 fully saturated rings. The molecule has 1 aromatic carbocycles. The molecule has 31 heavy (non-hydrogen) atoms. The molecule has 1 heterocycles. The maximum atomic E-state index is 13.0. The third kappa shape index (κ3) is 5.28. The number of halogens is 2. The number of likely N-dealkylation sites (N-methyl/N-ethyl adjacent to an activating group) is 1. The number of alkyl halides is 2. The van der Waals surface area contributed by atoms with E-state index in [0.717, 1.165) is 19.3 Å². The summed E-state index contributed by atoms with van der Waals surface area (Å²) in [7, 11) is 0. The van der Waals surface area contributed by atoms with Crippen LogP contribution in [-0.4, -0.2) is 67.6 Å². The topological polar surface area (TPSA) is 114 Å². The van der Waals surface area contributed by atoms with Gasteiger partial charge in [0, 0.05) is 24.3 Å². The summed E-state index contributed by atoms with van der Waals surface area (Å²) in [6.45, 7) is -0.442.